The van der Waals surface area contributed by atoms with Crippen LogP contribution in [0.25, 0.3) is 10.9 Å². The molecule has 0 unspecified atom stereocenters. The van der Waals surface area contributed by atoms with E-state index in [1.165, 1.54) is 6.07 Å². The molecule has 0 aliphatic rings. The average molecular weight is 326 g/mol. The van der Waals surface area contributed by atoms with Crippen LogP contribution in [0, 0.1) is 10.1 Å². The maximum absolute atomic E-state index is 10.8. The number of nitro benzene ring substituents is 1. The molecule has 0 saturated carbocycles. The van der Waals surface area contributed by atoms with Crippen molar-refractivity contribution in [2.75, 3.05) is 14.2 Å². The van der Waals surface area contributed by atoms with Crippen LogP contribution in [0.3, 0.4) is 0 Å². The van der Waals surface area contributed by atoms with Crippen LogP contribution in [-0.2, 0) is 13.2 Å². The van der Waals surface area contributed by atoms with Crippen molar-refractivity contribution in [3.63, 3.8) is 0 Å². The summed E-state index contributed by atoms with van der Waals surface area (Å²) < 4.78 is 7.07. The number of nitrogens with zero attached hydrogens (tertiary/aromatic N) is 4. The predicted octanol–water partition coefficient (Wildman–Crippen LogP) is 3.04. The molecule has 0 saturated heterocycles. The Hall–Kier alpha value is -2.93. The zero-order valence-electron chi connectivity index (χ0n) is 13.5. The highest BCUT2D eigenvalue weighted by molar-refractivity contribution is 5.81. The quantitative estimate of drug-likeness (QED) is 0.514. The normalized spacial score (nSPS) is 11.1. The van der Waals surface area contributed by atoms with Crippen molar-refractivity contribution in [2.45, 2.75) is 13.2 Å². The highest BCUT2D eigenvalue weighted by Crippen LogP contribution is 2.21. The molecule has 7 heteroatoms. The van der Waals surface area contributed by atoms with Crippen molar-refractivity contribution < 1.29 is 9.66 Å². The second-order valence-electron chi connectivity index (χ2n) is 5.65. The molecular formula is C17H18N4O3. The Morgan fingerprint density at radius 3 is 2.88 bits per heavy atom. The number of hydrogen-bond acceptors (Lipinski definition) is 5. The summed E-state index contributed by atoms with van der Waals surface area (Å²) >= 11 is 0. The van der Waals surface area contributed by atoms with Crippen LogP contribution in [-0.4, -0.2) is 33.8 Å². The SMILES string of the molecule is COc1cccc(CN(C)Cn2ncc3cc([N+](=O)[O-])ccc32)c1. The molecule has 0 aliphatic carbocycles. The van der Waals surface area contributed by atoms with Gasteiger partial charge in [0.15, 0.2) is 0 Å². The van der Waals surface area contributed by atoms with E-state index in [2.05, 4.69) is 10.00 Å². The molecule has 0 aliphatic heterocycles. The molecule has 1 aromatic heterocycles. The maximum Gasteiger partial charge on any atom is 0.270 e. The van der Waals surface area contributed by atoms with Gasteiger partial charge in [0.25, 0.3) is 5.69 Å². The van der Waals surface area contributed by atoms with Crippen molar-refractivity contribution >= 4 is 16.6 Å². The number of aromatic nitrogens is 2. The Bertz CT molecular complexity index is 875. The third-order valence-electron chi connectivity index (χ3n) is 3.80. The molecule has 24 heavy (non-hydrogen) atoms. The molecule has 0 bridgehead atoms. The molecule has 3 rings (SSSR count). The van der Waals surface area contributed by atoms with Gasteiger partial charge in [-0.2, -0.15) is 5.10 Å². The maximum atomic E-state index is 10.8. The van der Waals surface area contributed by atoms with E-state index in [0.717, 1.165) is 28.8 Å². The van der Waals surface area contributed by atoms with Gasteiger partial charge in [-0.25, -0.2) is 0 Å². The smallest absolute Gasteiger partial charge is 0.270 e. The lowest BCUT2D eigenvalue weighted by molar-refractivity contribution is -0.384. The summed E-state index contributed by atoms with van der Waals surface area (Å²) in [5.74, 6) is 0.831. The first-order valence-electron chi connectivity index (χ1n) is 7.48. The first kappa shape index (κ1) is 15.9. The van der Waals surface area contributed by atoms with Gasteiger partial charge in [0.05, 0.1) is 30.4 Å². The van der Waals surface area contributed by atoms with Crippen LogP contribution in [0.4, 0.5) is 5.69 Å². The zero-order chi connectivity index (χ0) is 17.1. The van der Waals surface area contributed by atoms with Crippen molar-refractivity contribution in [2.24, 2.45) is 0 Å². The van der Waals surface area contributed by atoms with E-state index in [-0.39, 0.29) is 5.69 Å². The van der Waals surface area contributed by atoms with E-state index >= 15 is 0 Å². The summed E-state index contributed by atoms with van der Waals surface area (Å²) in [6, 6.07) is 12.7. The van der Waals surface area contributed by atoms with Gasteiger partial charge in [-0.1, -0.05) is 12.1 Å². The van der Waals surface area contributed by atoms with Gasteiger partial charge in [-0.3, -0.25) is 19.7 Å². The van der Waals surface area contributed by atoms with Gasteiger partial charge in [-0.05, 0) is 30.8 Å². The molecule has 3 aromatic rings. The largest absolute Gasteiger partial charge is 0.497 e. The summed E-state index contributed by atoms with van der Waals surface area (Å²) in [5.41, 5.74) is 2.09. The Balaban J connectivity index is 1.75. The zero-order valence-corrected chi connectivity index (χ0v) is 13.5. The molecule has 124 valence electrons. The van der Waals surface area contributed by atoms with Gasteiger partial charge in [0, 0.05) is 24.1 Å². The highest BCUT2D eigenvalue weighted by atomic mass is 16.6. The summed E-state index contributed by atoms with van der Waals surface area (Å²) in [7, 11) is 3.65. The molecule has 0 radical (unpaired) electrons. The molecule has 1 heterocycles. The van der Waals surface area contributed by atoms with E-state index in [9.17, 15) is 10.1 Å². The van der Waals surface area contributed by atoms with Crippen LogP contribution in [0.1, 0.15) is 5.56 Å². The Labute approximate surface area is 139 Å². The van der Waals surface area contributed by atoms with Crippen LogP contribution >= 0.6 is 0 Å². The fourth-order valence-electron chi connectivity index (χ4n) is 2.66. The first-order valence-corrected chi connectivity index (χ1v) is 7.48. The number of nitro groups is 1. The Morgan fingerprint density at radius 1 is 1.29 bits per heavy atom. The summed E-state index contributed by atoms with van der Waals surface area (Å²) in [6.07, 6.45) is 1.65. The van der Waals surface area contributed by atoms with Gasteiger partial charge >= 0.3 is 0 Å². The third kappa shape index (κ3) is 3.36. The highest BCUT2D eigenvalue weighted by Gasteiger charge is 2.11. The van der Waals surface area contributed by atoms with Crippen LogP contribution in [0.2, 0.25) is 0 Å². The van der Waals surface area contributed by atoms with Crippen LogP contribution < -0.4 is 4.74 Å². The third-order valence-corrected chi connectivity index (χ3v) is 3.80. The molecule has 7 nitrogen and oxygen atoms in total. The second kappa shape index (κ2) is 6.67. The Morgan fingerprint density at radius 2 is 2.12 bits per heavy atom. The number of rotatable bonds is 6. The van der Waals surface area contributed by atoms with Crippen LogP contribution in [0.15, 0.2) is 48.7 Å². The topological polar surface area (TPSA) is 73.4 Å². The molecule has 0 N–H and O–H groups in total. The van der Waals surface area contributed by atoms with E-state index in [1.54, 1.807) is 25.4 Å². The number of ether oxygens (including phenoxy) is 1. The lowest BCUT2D eigenvalue weighted by atomic mass is 10.2. The first-order chi connectivity index (χ1) is 11.6. The number of hydrogen-bond donors (Lipinski definition) is 0. The predicted molar refractivity (Wildman–Crippen MR) is 90.8 cm³/mol. The summed E-state index contributed by atoms with van der Waals surface area (Å²) in [4.78, 5) is 12.6. The van der Waals surface area contributed by atoms with Gasteiger partial charge in [-0.15, -0.1) is 0 Å². The minimum absolute atomic E-state index is 0.0757. The van der Waals surface area contributed by atoms with E-state index < -0.39 is 4.92 Å². The second-order valence-corrected chi connectivity index (χ2v) is 5.65. The standard InChI is InChI=1S/C17H18N4O3/c1-19(11-13-4-3-5-16(8-13)24-2)12-20-17-7-6-15(21(22)23)9-14(17)10-18-20/h3-10H,11-12H2,1-2H3. The minimum Gasteiger partial charge on any atom is -0.497 e. The van der Waals surface area contributed by atoms with E-state index in [4.69, 9.17) is 4.74 Å². The van der Waals surface area contributed by atoms with E-state index in [0.29, 0.717) is 6.67 Å². The minimum atomic E-state index is -0.397. The van der Waals surface area contributed by atoms with Crippen molar-refractivity contribution in [3.05, 3.63) is 64.3 Å². The number of methoxy groups -OCH3 is 1. The van der Waals surface area contributed by atoms with Gasteiger partial charge in [0.2, 0.25) is 0 Å². The lowest BCUT2D eigenvalue weighted by Gasteiger charge is -2.17. The molecule has 0 spiro atoms. The van der Waals surface area contributed by atoms with Crippen molar-refractivity contribution in [3.8, 4) is 5.75 Å². The van der Waals surface area contributed by atoms with Crippen LogP contribution in [0.5, 0.6) is 5.75 Å². The molecular weight excluding hydrogens is 308 g/mol. The van der Waals surface area contributed by atoms with E-state index in [1.807, 2.05) is 36.0 Å². The summed E-state index contributed by atoms with van der Waals surface area (Å²) in [5, 5.41) is 15.9. The molecule has 2 aromatic carbocycles. The van der Waals surface area contributed by atoms with Gasteiger partial charge in [0.1, 0.15) is 5.75 Å². The monoisotopic (exact) mass is 326 g/mol. The van der Waals surface area contributed by atoms with Crippen molar-refractivity contribution in [1.82, 2.24) is 14.7 Å². The van der Waals surface area contributed by atoms with Crippen molar-refractivity contribution in [1.29, 1.82) is 0 Å². The molecule has 0 fully saturated rings. The number of fused-ring (bicyclic) bond motifs is 1. The lowest BCUT2D eigenvalue weighted by Crippen LogP contribution is -2.22. The fourth-order valence-corrected chi connectivity index (χ4v) is 2.66. The Kier molecular flexibility index (Phi) is 4.43. The number of non-ortho nitro benzene ring substituents is 1. The molecule has 0 amide bonds. The summed E-state index contributed by atoms with van der Waals surface area (Å²) in [6.45, 7) is 1.32. The van der Waals surface area contributed by atoms with Gasteiger partial charge < -0.3 is 4.74 Å². The average Bonchev–Trinajstić information content (AvgIpc) is 2.97. The fraction of sp³-hybridized carbons (Fsp3) is 0.235. The molecule has 0 atom stereocenters. The number of benzene rings is 2.